The Labute approximate surface area is 96.3 Å². The Hall–Kier alpha value is -1.000. The first-order valence-electron chi connectivity index (χ1n) is 4.35. The van der Waals surface area contributed by atoms with Gasteiger partial charge in [0.15, 0.2) is 0 Å². The van der Waals surface area contributed by atoms with Gasteiger partial charge in [-0.25, -0.2) is 4.79 Å². The SMILES string of the molecule is NC(=O)OC1CC1c1ncc(Cl)cc1Cl. The molecule has 0 radical (unpaired) electrons. The molecule has 1 saturated carbocycles. The van der Waals surface area contributed by atoms with Gasteiger partial charge in [-0.2, -0.15) is 0 Å². The van der Waals surface area contributed by atoms with E-state index < -0.39 is 6.09 Å². The number of nitrogens with zero attached hydrogens (tertiary/aromatic N) is 1. The van der Waals surface area contributed by atoms with Gasteiger partial charge >= 0.3 is 6.09 Å². The van der Waals surface area contributed by atoms with Crippen molar-refractivity contribution in [3.63, 3.8) is 0 Å². The average molecular weight is 247 g/mol. The zero-order valence-corrected chi connectivity index (χ0v) is 9.13. The predicted molar refractivity (Wildman–Crippen MR) is 56.1 cm³/mol. The fraction of sp³-hybridized carbons (Fsp3) is 0.333. The summed E-state index contributed by atoms with van der Waals surface area (Å²) < 4.78 is 4.82. The van der Waals surface area contributed by atoms with Crippen molar-refractivity contribution in [2.75, 3.05) is 0 Å². The minimum absolute atomic E-state index is 0.0438. The summed E-state index contributed by atoms with van der Waals surface area (Å²) in [4.78, 5) is 14.6. The highest BCUT2D eigenvalue weighted by molar-refractivity contribution is 6.34. The summed E-state index contributed by atoms with van der Waals surface area (Å²) in [5.74, 6) is 0.0438. The van der Waals surface area contributed by atoms with Crippen molar-refractivity contribution in [1.82, 2.24) is 4.98 Å². The number of hydrogen-bond donors (Lipinski definition) is 1. The lowest BCUT2D eigenvalue weighted by Crippen LogP contribution is -2.15. The summed E-state index contributed by atoms with van der Waals surface area (Å²) in [6.07, 6.45) is 1.25. The maximum atomic E-state index is 10.5. The smallest absolute Gasteiger partial charge is 0.404 e. The Morgan fingerprint density at radius 2 is 2.33 bits per heavy atom. The van der Waals surface area contributed by atoms with Crippen molar-refractivity contribution in [2.24, 2.45) is 5.73 Å². The van der Waals surface area contributed by atoms with Crippen molar-refractivity contribution in [2.45, 2.75) is 18.4 Å². The maximum Gasteiger partial charge on any atom is 0.404 e. The molecule has 2 rings (SSSR count). The second-order valence-electron chi connectivity index (χ2n) is 3.34. The summed E-state index contributed by atoms with van der Waals surface area (Å²) in [5, 5.41) is 0.972. The number of hydrogen-bond acceptors (Lipinski definition) is 3. The molecule has 1 aliphatic rings. The molecule has 2 unspecified atom stereocenters. The van der Waals surface area contributed by atoms with E-state index in [0.717, 1.165) is 0 Å². The first kappa shape index (κ1) is 10.5. The molecule has 0 aromatic carbocycles. The minimum Gasteiger partial charge on any atom is -0.446 e. The molecule has 1 heterocycles. The topological polar surface area (TPSA) is 65.2 Å². The summed E-state index contributed by atoms with van der Waals surface area (Å²) in [6.45, 7) is 0. The van der Waals surface area contributed by atoms with E-state index in [1.165, 1.54) is 6.20 Å². The van der Waals surface area contributed by atoms with Crippen LogP contribution in [0.5, 0.6) is 0 Å². The Bertz CT molecular complexity index is 411. The van der Waals surface area contributed by atoms with Gasteiger partial charge in [-0.15, -0.1) is 0 Å². The minimum atomic E-state index is -0.771. The molecule has 0 spiro atoms. The van der Waals surface area contributed by atoms with Crippen molar-refractivity contribution < 1.29 is 9.53 Å². The predicted octanol–water partition coefficient (Wildman–Crippen LogP) is 2.34. The van der Waals surface area contributed by atoms with E-state index in [1.54, 1.807) is 6.07 Å². The van der Waals surface area contributed by atoms with E-state index in [-0.39, 0.29) is 12.0 Å². The average Bonchev–Trinajstić information content (AvgIpc) is 2.82. The number of halogens is 2. The lowest BCUT2D eigenvalue weighted by atomic mass is 10.2. The molecule has 4 nitrogen and oxygen atoms in total. The number of aromatic nitrogens is 1. The van der Waals surface area contributed by atoms with E-state index in [9.17, 15) is 4.79 Å². The number of amides is 1. The van der Waals surface area contributed by atoms with Gasteiger partial charge < -0.3 is 10.5 Å². The first-order valence-corrected chi connectivity index (χ1v) is 5.10. The van der Waals surface area contributed by atoms with E-state index in [1.807, 2.05) is 0 Å². The molecule has 1 amide bonds. The number of pyridine rings is 1. The normalized spacial score (nSPS) is 23.6. The highest BCUT2D eigenvalue weighted by Gasteiger charge is 2.43. The number of rotatable bonds is 2. The Morgan fingerprint density at radius 1 is 1.60 bits per heavy atom. The number of nitrogens with two attached hydrogens (primary N) is 1. The van der Waals surface area contributed by atoms with Crippen LogP contribution in [0.2, 0.25) is 10.0 Å². The van der Waals surface area contributed by atoms with Crippen LogP contribution in [0.25, 0.3) is 0 Å². The van der Waals surface area contributed by atoms with Gasteiger partial charge in [0.05, 0.1) is 15.7 Å². The molecule has 1 aromatic rings. The molecule has 2 atom stereocenters. The van der Waals surface area contributed by atoms with Crippen molar-refractivity contribution in [3.05, 3.63) is 28.0 Å². The molecule has 0 aliphatic heterocycles. The van der Waals surface area contributed by atoms with Crippen LogP contribution in [0, 0.1) is 0 Å². The molecular formula is C9H8Cl2N2O2. The third-order valence-electron chi connectivity index (χ3n) is 2.19. The molecule has 0 saturated heterocycles. The van der Waals surface area contributed by atoms with Crippen LogP contribution in [0.3, 0.4) is 0 Å². The van der Waals surface area contributed by atoms with E-state index in [0.29, 0.717) is 22.2 Å². The number of ether oxygens (including phenoxy) is 1. The number of primary amides is 1. The van der Waals surface area contributed by atoms with Crippen molar-refractivity contribution in [1.29, 1.82) is 0 Å². The van der Waals surface area contributed by atoms with E-state index in [4.69, 9.17) is 33.7 Å². The molecule has 0 bridgehead atoms. The summed E-state index contributed by atoms with van der Waals surface area (Å²) >= 11 is 11.7. The van der Waals surface area contributed by atoms with Gasteiger partial charge in [0.2, 0.25) is 0 Å². The second-order valence-corrected chi connectivity index (χ2v) is 4.18. The molecule has 80 valence electrons. The van der Waals surface area contributed by atoms with Crippen LogP contribution in [0.15, 0.2) is 12.3 Å². The lowest BCUT2D eigenvalue weighted by Gasteiger charge is -2.02. The van der Waals surface area contributed by atoms with Crippen LogP contribution in [0.4, 0.5) is 4.79 Å². The van der Waals surface area contributed by atoms with Crippen molar-refractivity contribution in [3.8, 4) is 0 Å². The van der Waals surface area contributed by atoms with Gasteiger partial charge in [-0.05, 0) is 12.5 Å². The van der Waals surface area contributed by atoms with Crippen LogP contribution in [0.1, 0.15) is 18.0 Å². The van der Waals surface area contributed by atoms with Gasteiger partial charge in [0.1, 0.15) is 6.10 Å². The van der Waals surface area contributed by atoms with Gasteiger partial charge in [0, 0.05) is 12.1 Å². The molecule has 1 fully saturated rings. The fourth-order valence-corrected chi connectivity index (χ4v) is 1.96. The van der Waals surface area contributed by atoms with E-state index >= 15 is 0 Å². The van der Waals surface area contributed by atoms with Gasteiger partial charge in [0.25, 0.3) is 0 Å². The summed E-state index contributed by atoms with van der Waals surface area (Å²) in [7, 11) is 0. The molecule has 1 aliphatic carbocycles. The summed E-state index contributed by atoms with van der Waals surface area (Å²) in [5.41, 5.74) is 5.60. The summed E-state index contributed by atoms with van der Waals surface area (Å²) in [6, 6.07) is 1.62. The zero-order valence-electron chi connectivity index (χ0n) is 7.61. The third kappa shape index (κ3) is 2.33. The lowest BCUT2D eigenvalue weighted by molar-refractivity contribution is 0.147. The monoisotopic (exact) mass is 246 g/mol. The third-order valence-corrected chi connectivity index (χ3v) is 2.70. The van der Waals surface area contributed by atoms with Crippen LogP contribution in [-0.2, 0) is 4.74 Å². The molecular weight excluding hydrogens is 239 g/mol. The Kier molecular flexibility index (Phi) is 2.71. The highest BCUT2D eigenvalue weighted by Crippen LogP contribution is 2.45. The molecule has 2 N–H and O–H groups in total. The van der Waals surface area contributed by atoms with E-state index in [2.05, 4.69) is 4.98 Å². The molecule has 15 heavy (non-hydrogen) atoms. The maximum absolute atomic E-state index is 10.5. The number of carbonyl (C=O) groups is 1. The van der Waals surface area contributed by atoms with Gasteiger partial charge in [-0.3, -0.25) is 4.98 Å². The Balaban J connectivity index is 2.10. The first-order chi connectivity index (χ1) is 7.08. The Morgan fingerprint density at radius 3 is 2.93 bits per heavy atom. The number of carbonyl (C=O) groups excluding carboxylic acids is 1. The van der Waals surface area contributed by atoms with Crippen LogP contribution < -0.4 is 5.73 Å². The largest absolute Gasteiger partial charge is 0.446 e. The highest BCUT2D eigenvalue weighted by atomic mass is 35.5. The van der Waals surface area contributed by atoms with Crippen LogP contribution >= 0.6 is 23.2 Å². The zero-order chi connectivity index (χ0) is 11.0. The standard InChI is InChI=1S/C9H8Cl2N2O2/c10-4-1-6(11)8(13-3-4)5-2-7(5)15-9(12)14/h1,3,5,7H,2H2,(H2,12,14). The molecule has 6 heteroatoms. The molecule has 1 aromatic heterocycles. The van der Waals surface area contributed by atoms with Crippen molar-refractivity contribution >= 4 is 29.3 Å². The van der Waals surface area contributed by atoms with Crippen LogP contribution in [-0.4, -0.2) is 17.2 Å². The fourth-order valence-electron chi connectivity index (χ4n) is 1.44. The quantitative estimate of drug-likeness (QED) is 0.872. The van der Waals surface area contributed by atoms with Gasteiger partial charge in [-0.1, -0.05) is 23.2 Å². The second kappa shape index (κ2) is 3.87.